The zero-order valence-electron chi connectivity index (χ0n) is 12.3. The van der Waals surface area contributed by atoms with E-state index in [1.165, 1.54) is 4.90 Å². The average molecular weight is 328 g/mol. The molecule has 0 radical (unpaired) electrons. The summed E-state index contributed by atoms with van der Waals surface area (Å²) in [5, 5.41) is 7.45. The summed E-state index contributed by atoms with van der Waals surface area (Å²) in [6, 6.07) is 7.92. The fourth-order valence-corrected chi connectivity index (χ4v) is 2.97. The molecule has 1 unspecified atom stereocenters. The highest BCUT2D eigenvalue weighted by molar-refractivity contribution is 7.99. The molecule has 1 saturated heterocycles. The van der Waals surface area contributed by atoms with Crippen molar-refractivity contribution in [1.29, 1.82) is 0 Å². The van der Waals surface area contributed by atoms with Gasteiger partial charge in [0.05, 0.1) is 6.61 Å². The minimum absolute atomic E-state index is 0.604. The van der Waals surface area contributed by atoms with Crippen LogP contribution in [0.2, 0.25) is 5.02 Å². The summed E-state index contributed by atoms with van der Waals surface area (Å²) in [4.78, 5) is 5.46. The van der Waals surface area contributed by atoms with Crippen LogP contribution in [0.25, 0.3) is 0 Å². The molecular weight excluding hydrogens is 306 g/mol. The summed E-state index contributed by atoms with van der Waals surface area (Å²) < 4.78 is 5.37. The van der Waals surface area contributed by atoms with E-state index in [0.29, 0.717) is 5.92 Å². The first-order valence-corrected chi connectivity index (χ1v) is 8.55. The number of aliphatic imine (C=N–C) groups is 1. The number of nitrogens with one attached hydrogen (secondary N) is 2. The largest absolute Gasteiger partial charge is 0.381 e. The second-order valence-electron chi connectivity index (χ2n) is 4.91. The Bertz CT molecular complexity index is 447. The zero-order chi connectivity index (χ0) is 14.9. The molecule has 1 aromatic carbocycles. The van der Waals surface area contributed by atoms with Crippen LogP contribution in [0.1, 0.15) is 6.42 Å². The molecule has 0 aromatic heterocycles. The lowest BCUT2D eigenvalue weighted by atomic mass is 10.1. The number of nitrogens with zero attached hydrogens (tertiary/aromatic N) is 1. The van der Waals surface area contributed by atoms with Gasteiger partial charge in [0.2, 0.25) is 0 Å². The molecular formula is C15H22ClN3OS. The number of hydrogen-bond acceptors (Lipinski definition) is 3. The van der Waals surface area contributed by atoms with Gasteiger partial charge in [-0.15, -0.1) is 11.8 Å². The summed E-state index contributed by atoms with van der Waals surface area (Å²) in [5.74, 6) is 2.44. The second-order valence-corrected chi connectivity index (χ2v) is 6.52. The lowest BCUT2D eigenvalue weighted by molar-refractivity contribution is 0.186. The predicted octanol–water partition coefficient (Wildman–Crippen LogP) is 2.63. The van der Waals surface area contributed by atoms with Gasteiger partial charge >= 0.3 is 0 Å². The summed E-state index contributed by atoms with van der Waals surface area (Å²) in [6.07, 6.45) is 1.14. The van der Waals surface area contributed by atoms with Gasteiger partial charge in [0.1, 0.15) is 0 Å². The Kier molecular flexibility index (Phi) is 7.19. The number of benzene rings is 1. The first-order valence-electron chi connectivity index (χ1n) is 7.18. The molecule has 1 aromatic rings. The lowest BCUT2D eigenvalue weighted by Crippen LogP contribution is -2.40. The topological polar surface area (TPSA) is 45.7 Å². The molecule has 21 heavy (non-hydrogen) atoms. The summed E-state index contributed by atoms with van der Waals surface area (Å²) in [5.41, 5.74) is 0. The molecule has 0 bridgehead atoms. The Morgan fingerprint density at radius 2 is 2.19 bits per heavy atom. The minimum Gasteiger partial charge on any atom is -0.381 e. The van der Waals surface area contributed by atoms with Crippen LogP contribution >= 0.6 is 23.4 Å². The van der Waals surface area contributed by atoms with E-state index < -0.39 is 0 Å². The minimum atomic E-state index is 0.604. The van der Waals surface area contributed by atoms with E-state index in [4.69, 9.17) is 16.3 Å². The molecule has 116 valence electrons. The zero-order valence-corrected chi connectivity index (χ0v) is 13.8. The van der Waals surface area contributed by atoms with E-state index >= 15 is 0 Å². The van der Waals surface area contributed by atoms with Gasteiger partial charge < -0.3 is 15.4 Å². The summed E-state index contributed by atoms with van der Waals surface area (Å²) in [7, 11) is 1.80. The third-order valence-corrected chi connectivity index (χ3v) is 4.55. The number of rotatable bonds is 6. The highest BCUT2D eigenvalue weighted by Gasteiger charge is 2.15. The van der Waals surface area contributed by atoms with Crippen molar-refractivity contribution >= 4 is 29.3 Å². The van der Waals surface area contributed by atoms with Crippen molar-refractivity contribution < 1.29 is 4.74 Å². The van der Waals surface area contributed by atoms with Gasteiger partial charge in [0, 0.05) is 48.3 Å². The van der Waals surface area contributed by atoms with E-state index in [1.807, 2.05) is 24.3 Å². The van der Waals surface area contributed by atoms with Crippen LogP contribution in [0.15, 0.2) is 34.2 Å². The molecule has 1 heterocycles. The predicted molar refractivity (Wildman–Crippen MR) is 90.5 cm³/mol. The van der Waals surface area contributed by atoms with E-state index in [-0.39, 0.29) is 0 Å². The third-order valence-electron chi connectivity index (χ3n) is 3.28. The number of guanidine groups is 1. The molecule has 1 aliphatic heterocycles. The maximum absolute atomic E-state index is 5.87. The van der Waals surface area contributed by atoms with Crippen molar-refractivity contribution in [1.82, 2.24) is 10.6 Å². The maximum atomic E-state index is 5.87. The Morgan fingerprint density at radius 1 is 1.38 bits per heavy atom. The summed E-state index contributed by atoms with van der Waals surface area (Å²) in [6.45, 7) is 3.53. The van der Waals surface area contributed by atoms with E-state index in [1.54, 1.807) is 18.8 Å². The molecule has 0 saturated carbocycles. The highest BCUT2D eigenvalue weighted by atomic mass is 35.5. The van der Waals surface area contributed by atoms with Crippen molar-refractivity contribution in [3.8, 4) is 0 Å². The van der Waals surface area contributed by atoms with Crippen molar-refractivity contribution in [2.24, 2.45) is 10.9 Å². The van der Waals surface area contributed by atoms with Gasteiger partial charge in [-0.3, -0.25) is 4.99 Å². The SMILES string of the molecule is CN=C(NCCSc1ccc(Cl)cc1)NCC1CCOC1. The van der Waals surface area contributed by atoms with Gasteiger partial charge in [-0.05, 0) is 30.7 Å². The monoisotopic (exact) mass is 327 g/mol. The fraction of sp³-hybridized carbons (Fsp3) is 0.533. The molecule has 0 aliphatic carbocycles. The van der Waals surface area contributed by atoms with Crippen LogP contribution in [-0.4, -0.2) is 45.1 Å². The third kappa shape index (κ3) is 6.16. The summed E-state index contributed by atoms with van der Waals surface area (Å²) >= 11 is 7.67. The van der Waals surface area contributed by atoms with Crippen LogP contribution in [0.5, 0.6) is 0 Å². The molecule has 2 rings (SSSR count). The van der Waals surface area contributed by atoms with Crippen molar-refractivity contribution in [3.63, 3.8) is 0 Å². The second kappa shape index (κ2) is 9.18. The molecule has 0 amide bonds. The fourth-order valence-electron chi connectivity index (χ4n) is 2.08. The molecule has 1 fully saturated rings. The number of ether oxygens (including phenoxy) is 1. The van der Waals surface area contributed by atoms with E-state index in [2.05, 4.69) is 15.6 Å². The van der Waals surface area contributed by atoms with Crippen molar-refractivity contribution in [3.05, 3.63) is 29.3 Å². The highest BCUT2D eigenvalue weighted by Crippen LogP contribution is 2.19. The molecule has 6 heteroatoms. The Labute approximate surface area is 135 Å². The van der Waals surface area contributed by atoms with Crippen molar-refractivity contribution in [2.45, 2.75) is 11.3 Å². The van der Waals surface area contributed by atoms with Gasteiger partial charge in [-0.1, -0.05) is 11.6 Å². The van der Waals surface area contributed by atoms with Gasteiger partial charge in [0.25, 0.3) is 0 Å². The average Bonchev–Trinajstić information content (AvgIpc) is 3.02. The smallest absolute Gasteiger partial charge is 0.191 e. The Hall–Kier alpha value is -0.910. The standard InChI is InChI=1S/C15H22ClN3OS/c1-17-15(19-10-12-6-8-20-11-12)18-7-9-21-14-4-2-13(16)3-5-14/h2-5,12H,6-11H2,1H3,(H2,17,18,19). The molecule has 2 N–H and O–H groups in total. The Morgan fingerprint density at radius 3 is 2.86 bits per heavy atom. The van der Waals surface area contributed by atoms with Crippen LogP contribution in [0, 0.1) is 5.92 Å². The van der Waals surface area contributed by atoms with Gasteiger partial charge in [-0.2, -0.15) is 0 Å². The lowest BCUT2D eigenvalue weighted by Gasteiger charge is -2.14. The van der Waals surface area contributed by atoms with Crippen LogP contribution in [0.4, 0.5) is 0 Å². The quantitative estimate of drug-likeness (QED) is 0.365. The van der Waals surface area contributed by atoms with Crippen molar-refractivity contribution in [2.75, 3.05) is 39.1 Å². The molecule has 1 aliphatic rings. The van der Waals surface area contributed by atoms with Gasteiger partial charge in [0.15, 0.2) is 5.96 Å². The number of hydrogen-bond donors (Lipinski definition) is 2. The molecule has 0 spiro atoms. The maximum Gasteiger partial charge on any atom is 0.191 e. The first-order chi connectivity index (χ1) is 10.3. The molecule has 4 nitrogen and oxygen atoms in total. The Balaban J connectivity index is 1.60. The number of halogens is 1. The van der Waals surface area contributed by atoms with E-state index in [0.717, 1.165) is 49.5 Å². The van der Waals surface area contributed by atoms with Crippen LogP contribution in [0.3, 0.4) is 0 Å². The van der Waals surface area contributed by atoms with Gasteiger partial charge in [-0.25, -0.2) is 0 Å². The van der Waals surface area contributed by atoms with Crippen LogP contribution in [-0.2, 0) is 4.74 Å². The number of thioether (sulfide) groups is 1. The normalized spacial score (nSPS) is 18.8. The van der Waals surface area contributed by atoms with Crippen LogP contribution < -0.4 is 10.6 Å². The van der Waals surface area contributed by atoms with E-state index in [9.17, 15) is 0 Å². The molecule has 1 atom stereocenters. The first kappa shape index (κ1) is 16.5.